The fourth-order valence-electron chi connectivity index (χ4n) is 1.14. The molecule has 0 saturated heterocycles. The summed E-state index contributed by atoms with van der Waals surface area (Å²) in [5.74, 6) is 0.437. The van der Waals surface area contributed by atoms with Crippen molar-refractivity contribution in [3.63, 3.8) is 0 Å². The molecule has 1 unspecified atom stereocenters. The molecule has 0 fully saturated rings. The van der Waals surface area contributed by atoms with Gasteiger partial charge in [0.15, 0.2) is 11.3 Å². The van der Waals surface area contributed by atoms with Crippen molar-refractivity contribution in [3.05, 3.63) is 47.1 Å². The van der Waals surface area contributed by atoms with E-state index in [9.17, 15) is 5.11 Å². The lowest BCUT2D eigenvalue weighted by atomic mass is 10.2. The third kappa shape index (κ3) is 1.61. The van der Waals surface area contributed by atoms with Crippen molar-refractivity contribution in [1.82, 2.24) is 4.98 Å². The van der Waals surface area contributed by atoms with Crippen molar-refractivity contribution < 1.29 is 9.52 Å². The van der Waals surface area contributed by atoms with E-state index < -0.39 is 6.10 Å². The van der Waals surface area contributed by atoms with Crippen molar-refractivity contribution in [2.75, 3.05) is 0 Å². The molecule has 3 nitrogen and oxygen atoms in total. The van der Waals surface area contributed by atoms with Gasteiger partial charge in [-0.15, -0.1) is 0 Å². The number of aromatic nitrogens is 1. The number of halogens is 1. The van der Waals surface area contributed by atoms with E-state index in [4.69, 9.17) is 16.0 Å². The Morgan fingerprint density at radius 3 is 2.77 bits per heavy atom. The average molecular weight is 198 g/mol. The maximum atomic E-state index is 9.71. The molecule has 4 heteroatoms. The Morgan fingerprint density at radius 1 is 1.38 bits per heavy atom. The summed E-state index contributed by atoms with van der Waals surface area (Å²) in [4.78, 5) is 2.89. The smallest absolute Gasteiger partial charge is 0.193 e. The highest BCUT2D eigenvalue weighted by atomic mass is 35.5. The second kappa shape index (κ2) is 3.28. The van der Waals surface area contributed by atoms with Crippen LogP contribution in [-0.2, 0) is 0 Å². The first kappa shape index (κ1) is 8.41. The SMILES string of the molecule is OC(c1ccc[nH]1)c1ccc(Cl)o1. The maximum Gasteiger partial charge on any atom is 0.193 e. The summed E-state index contributed by atoms with van der Waals surface area (Å²) >= 11 is 5.58. The standard InChI is InChI=1S/C9H8ClNO2/c10-8-4-3-7(13-8)9(12)6-2-1-5-11-6/h1-5,9,11-12H. The van der Waals surface area contributed by atoms with E-state index in [1.165, 1.54) is 0 Å². The first-order chi connectivity index (χ1) is 6.27. The summed E-state index contributed by atoms with van der Waals surface area (Å²) in [6, 6.07) is 6.83. The average Bonchev–Trinajstić information content (AvgIpc) is 2.72. The van der Waals surface area contributed by atoms with Gasteiger partial charge in [0.1, 0.15) is 5.76 Å². The van der Waals surface area contributed by atoms with Gasteiger partial charge in [0.25, 0.3) is 0 Å². The minimum Gasteiger partial charge on any atom is -0.447 e. The summed E-state index contributed by atoms with van der Waals surface area (Å²) in [6.07, 6.45) is 0.964. The normalized spacial score (nSPS) is 13.1. The van der Waals surface area contributed by atoms with Crippen LogP contribution in [0.15, 0.2) is 34.9 Å². The lowest BCUT2D eigenvalue weighted by Gasteiger charge is -2.03. The van der Waals surface area contributed by atoms with Gasteiger partial charge >= 0.3 is 0 Å². The summed E-state index contributed by atoms with van der Waals surface area (Å²) in [5.41, 5.74) is 0.686. The molecule has 2 aromatic rings. The molecule has 0 saturated carbocycles. The van der Waals surface area contributed by atoms with Crippen molar-refractivity contribution in [2.24, 2.45) is 0 Å². The van der Waals surface area contributed by atoms with Gasteiger partial charge in [0, 0.05) is 6.20 Å². The number of H-pyrrole nitrogens is 1. The first-order valence-electron chi connectivity index (χ1n) is 3.84. The Kier molecular flexibility index (Phi) is 2.12. The summed E-state index contributed by atoms with van der Waals surface area (Å²) in [7, 11) is 0. The lowest BCUT2D eigenvalue weighted by Crippen LogP contribution is -1.97. The van der Waals surface area contributed by atoms with E-state index in [0.717, 1.165) is 0 Å². The van der Waals surface area contributed by atoms with E-state index in [2.05, 4.69) is 4.98 Å². The number of furan rings is 1. The molecule has 2 rings (SSSR count). The molecule has 2 aromatic heterocycles. The first-order valence-corrected chi connectivity index (χ1v) is 4.22. The van der Waals surface area contributed by atoms with E-state index in [1.54, 1.807) is 24.4 Å². The maximum absolute atomic E-state index is 9.71. The Morgan fingerprint density at radius 2 is 2.23 bits per heavy atom. The molecule has 0 amide bonds. The van der Waals surface area contributed by atoms with Crippen LogP contribution in [0.2, 0.25) is 5.22 Å². The largest absolute Gasteiger partial charge is 0.447 e. The molecule has 2 heterocycles. The van der Waals surface area contributed by atoms with E-state index in [1.807, 2.05) is 6.07 Å². The van der Waals surface area contributed by atoms with Gasteiger partial charge in [-0.3, -0.25) is 0 Å². The van der Waals surface area contributed by atoms with Crippen molar-refractivity contribution in [2.45, 2.75) is 6.10 Å². The van der Waals surface area contributed by atoms with Gasteiger partial charge in [-0.1, -0.05) is 0 Å². The van der Waals surface area contributed by atoms with Crippen LogP contribution in [0.25, 0.3) is 0 Å². The summed E-state index contributed by atoms with van der Waals surface area (Å²) in [6.45, 7) is 0. The Labute approximate surface area is 80.0 Å². The van der Waals surface area contributed by atoms with Crippen LogP contribution < -0.4 is 0 Å². The molecule has 0 radical (unpaired) electrons. The molecule has 0 aliphatic rings. The highest BCUT2D eigenvalue weighted by Gasteiger charge is 2.14. The summed E-state index contributed by atoms with van der Waals surface area (Å²) in [5, 5.41) is 9.99. The van der Waals surface area contributed by atoms with Crippen LogP contribution in [-0.4, -0.2) is 10.1 Å². The fourth-order valence-corrected chi connectivity index (χ4v) is 1.29. The van der Waals surface area contributed by atoms with Crippen molar-refractivity contribution in [3.8, 4) is 0 Å². The topological polar surface area (TPSA) is 49.2 Å². The van der Waals surface area contributed by atoms with Gasteiger partial charge in [0.2, 0.25) is 0 Å². The number of aliphatic hydroxyl groups is 1. The zero-order valence-electron chi connectivity index (χ0n) is 6.70. The second-order valence-electron chi connectivity index (χ2n) is 2.67. The second-order valence-corrected chi connectivity index (χ2v) is 3.04. The van der Waals surface area contributed by atoms with Crippen molar-refractivity contribution in [1.29, 1.82) is 0 Å². The third-order valence-corrected chi connectivity index (χ3v) is 1.98. The van der Waals surface area contributed by atoms with E-state index in [-0.39, 0.29) is 5.22 Å². The molecule has 0 spiro atoms. The van der Waals surface area contributed by atoms with Gasteiger partial charge in [0.05, 0.1) is 5.69 Å². The third-order valence-electron chi connectivity index (χ3n) is 1.78. The zero-order valence-corrected chi connectivity index (χ0v) is 7.45. The minimum absolute atomic E-state index is 0.278. The van der Waals surface area contributed by atoms with E-state index in [0.29, 0.717) is 11.5 Å². The highest BCUT2D eigenvalue weighted by Crippen LogP contribution is 2.24. The fraction of sp³-hybridized carbons (Fsp3) is 0.111. The van der Waals surface area contributed by atoms with Crippen LogP contribution in [0, 0.1) is 0 Å². The number of aliphatic hydroxyl groups excluding tert-OH is 1. The molecule has 1 atom stereocenters. The Hall–Kier alpha value is -1.19. The lowest BCUT2D eigenvalue weighted by molar-refractivity contribution is 0.185. The molecule has 0 aliphatic heterocycles. The molecule has 0 aliphatic carbocycles. The van der Waals surface area contributed by atoms with Crippen molar-refractivity contribution >= 4 is 11.6 Å². The molecule has 68 valence electrons. The van der Waals surface area contributed by atoms with E-state index >= 15 is 0 Å². The zero-order chi connectivity index (χ0) is 9.26. The molecule has 0 aromatic carbocycles. The number of hydrogen-bond donors (Lipinski definition) is 2. The molecular weight excluding hydrogens is 190 g/mol. The summed E-state index contributed by atoms with van der Waals surface area (Å²) < 4.78 is 5.06. The predicted molar refractivity (Wildman–Crippen MR) is 48.6 cm³/mol. The minimum atomic E-state index is -0.775. The van der Waals surface area contributed by atoms with Crippen LogP contribution in [0.1, 0.15) is 17.6 Å². The predicted octanol–water partition coefficient (Wildman–Crippen LogP) is 2.34. The number of hydrogen-bond acceptors (Lipinski definition) is 2. The Bertz CT molecular complexity index is 380. The molecule has 2 N–H and O–H groups in total. The van der Waals surface area contributed by atoms with Gasteiger partial charge in [-0.05, 0) is 35.9 Å². The quantitative estimate of drug-likeness (QED) is 0.777. The van der Waals surface area contributed by atoms with Crippen LogP contribution in [0.3, 0.4) is 0 Å². The van der Waals surface area contributed by atoms with Crippen LogP contribution in [0.4, 0.5) is 0 Å². The monoisotopic (exact) mass is 197 g/mol. The molecule has 13 heavy (non-hydrogen) atoms. The van der Waals surface area contributed by atoms with Crippen LogP contribution in [0.5, 0.6) is 0 Å². The van der Waals surface area contributed by atoms with Gasteiger partial charge in [-0.2, -0.15) is 0 Å². The highest BCUT2D eigenvalue weighted by molar-refractivity contribution is 6.28. The number of aromatic amines is 1. The van der Waals surface area contributed by atoms with Gasteiger partial charge < -0.3 is 14.5 Å². The van der Waals surface area contributed by atoms with Gasteiger partial charge in [-0.25, -0.2) is 0 Å². The van der Waals surface area contributed by atoms with Crippen LogP contribution >= 0.6 is 11.6 Å². The molecule has 0 bridgehead atoms. The number of rotatable bonds is 2. The Balaban J connectivity index is 2.28. The number of nitrogens with one attached hydrogen (secondary N) is 1. The molecular formula is C9H8ClNO2.